The van der Waals surface area contributed by atoms with E-state index in [4.69, 9.17) is 11.6 Å². The molecule has 9 heteroatoms. The molecule has 1 N–H and O–H groups in total. The Morgan fingerprint density at radius 1 is 1.31 bits per heavy atom. The van der Waals surface area contributed by atoms with Crippen molar-refractivity contribution < 1.29 is 9.18 Å². The van der Waals surface area contributed by atoms with Crippen molar-refractivity contribution in [3.63, 3.8) is 0 Å². The van der Waals surface area contributed by atoms with Gasteiger partial charge in [-0.25, -0.2) is 4.39 Å². The lowest BCUT2D eigenvalue weighted by Crippen LogP contribution is -2.25. The van der Waals surface area contributed by atoms with E-state index in [9.17, 15) is 9.18 Å². The highest BCUT2D eigenvalue weighted by atomic mass is 79.9. The zero-order chi connectivity index (χ0) is 18.4. The lowest BCUT2D eigenvalue weighted by atomic mass is 9.86. The van der Waals surface area contributed by atoms with Crippen LogP contribution in [0, 0.1) is 12.7 Å². The van der Waals surface area contributed by atoms with Gasteiger partial charge < -0.3 is 5.32 Å². The van der Waals surface area contributed by atoms with Crippen LogP contribution in [0.5, 0.6) is 0 Å². The van der Waals surface area contributed by atoms with Gasteiger partial charge >= 0.3 is 0 Å². The number of hydrogen-bond acceptors (Lipinski definition) is 4. The molecule has 0 radical (unpaired) electrons. The molecule has 1 atom stereocenters. The molecule has 0 saturated heterocycles. The number of amides is 1. The van der Waals surface area contributed by atoms with Crippen LogP contribution in [0.2, 0.25) is 5.15 Å². The fourth-order valence-corrected chi connectivity index (χ4v) is 3.65. The molecule has 1 amide bonds. The Bertz CT molecular complexity index is 1020. The molecule has 3 heterocycles. The average Bonchev–Trinajstić information content (AvgIpc) is 2.94. The van der Waals surface area contributed by atoms with E-state index in [1.165, 1.54) is 10.7 Å². The van der Waals surface area contributed by atoms with Gasteiger partial charge in [0.25, 0.3) is 0 Å². The summed E-state index contributed by atoms with van der Waals surface area (Å²) in [7, 11) is 0. The van der Waals surface area contributed by atoms with Crippen LogP contribution in [0.15, 0.2) is 34.8 Å². The summed E-state index contributed by atoms with van der Waals surface area (Å²) in [6, 6.07) is 8.04. The van der Waals surface area contributed by atoms with Crippen LogP contribution in [0.4, 0.5) is 10.2 Å². The minimum absolute atomic E-state index is 0.147. The third-order valence-electron chi connectivity index (χ3n) is 4.28. The number of benzene rings is 1. The van der Waals surface area contributed by atoms with Crippen molar-refractivity contribution in [1.29, 1.82) is 0 Å². The first kappa shape index (κ1) is 17.1. The Morgan fingerprint density at radius 2 is 2.12 bits per heavy atom. The van der Waals surface area contributed by atoms with Crippen molar-refractivity contribution in [1.82, 2.24) is 20.0 Å². The van der Waals surface area contributed by atoms with Gasteiger partial charge in [0.05, 0.1) is 10.2 Å². The molecule has 0 unspecified atom stereocenters. The Balaban J connectivity index is 1.86. The normalized spacial score (nSPS) is 16.3. The third kappa shape index (κ3) is 2.89. The van der Waals surface area contributed by atoms with Gasteiger partial charge in [-0.15, -0.1) is 10.2 Å². The zero-order valence-corrected chi connectivity index (χ0v) is 15.8. The van der Waals surface area contributed by atoms with E-state index in [1.54, 1.807) is 24.3 Å². The molecule has 2 aromatic heterocycles. The summed E-state index contributed by atoms with van der Waals surface area (Å²) in [6.07, 6.45) is 0.254. The topological polar surface area (TPSA) is 72.7 Å². The smallest absolute Gasteiger partial charge is 0.226 e. The summed E-state index contributed by atoms with van der Waals surface area (Å²) in [4.78, 5) is 12.3. The van der Waals surface area contributed by atoms with Crippen LogP contribution < -0.4 is 5.32 Å². The van der Waals surface area contributed by atoms with E-state index in [0.717, 1.165) is 16.8 Å². The largest absolute Gasteiger partial charge is 0.310 e. The lowest BCUT2D eigenvalue weighted by Gasteiger charge is -2.24. The number of nitrogens with one attached hydrogen (secondary N) is 1. The van der Waals surface area contributed by atoms with E-state index >= 15 is 0 Å². The molecule has 3 aromatic rings. The fourth-order valence-electron chi connectivity index (χ4n) is 3.15. The number of carbonyl (C=O) groups is 1. The minimum atomic E-state index is -0.349. The molecule has 6 nitrogen and oxygen atoms in total. The molecule has 1 aliphatic rings. The van der Waals surface area contributed by atoms with E-state index in [0.29, 0.717) is 16.1 Å². The Labute approximate surface area is 161 Å². The second kappa shape index (κ2) is 6.44. The van der Waals surface area contributed by atoms with Gasteiger partial charge in [-0.3, -0.25) is 4.79 Å². The number of fused-ring (bicyclic) bond motifs is 1. The number of aromatic nitrogens is 4. The van der Waals surface area contributed by atoms with Gasteiger partial charge in [-0.2, -0.15) is 9.78 Å². The Kier molecular flexibility index (Phi) is 4.24. The number of nitrogens with zero attached hydrogens (tertiary/aromatic N) is 4. The van der Waals surface area contributed by atoms with Crippen LogP contribution in [0.3, 0.4) is 0 Å². The van der Waals surface area contributed by atoms with Crippen molar-refractivity contribution in [3.8, 4) is 5.82 Å². The van der Waals surface area contributed by atoms with Crippen LogP contribution in [0.25, 0.3) is 5.82 Å². The molecule has 0 aliphatic carbocycles. The standard InChI is InChI=1S/C17H12BrClFN5O/c1-8-16-10(9-2-3-12(20)11(18)6-9)7-15(26)21-17(16)25(24-8)14-5-4-13(19)22-23-14/h2-6,10H,7H2,1H3,(H,21,26)/t10-/m0/s1. The van der Waals surface area contributed by atoms with E-state index < -0.39 is 0 Å². The van der Waals surface area contributed by atoms with Crippen molar-refractivity contribution in [2.24, 2.45) is 0 Å². The highest BCUT2D eigenvalue weighted by Crippen LogP contribution is 2.40. The van der Waals surface area contributed by atoms with Gasteiger partial charge in [0.15, 0.2) is 11.0 Å². The van der Waals surface area contributed by atoms with Crippen LogP contribution in [0.1, 0.15) is 29.2 Å². The molecule has 4 rings (SSSR count). The second-order valence-electron chi connectivity index (χ2n) is 5.95. The van der Waals surface area contributed by atoms with Crippen LogP contribution in [-0.2, 0) is 4.79 Å². The number of halogens is 3. The van der Waals surface area contributed by atoms with Crippen molar-refractivity contribution in [2.45, 2.75) is 19.3 Å². The van der Waals surface area contributed by atoms with Gasteiger partial charge in [0.2, 0.25) is 5.91 Å². The van der Waals surface area contributed by atoms with E-state index in [-0.39, 0.29) is 29.2 Å². The molecular weight excluding hydrogens is 425 g/mol. The summed E-state index contributed by atoms with van der Waals surface area (Å²) < 4.78 is 15.5. The van der Waals surface area contributed by atoms with Gasteiger partial charge in [-0.1, -0.05) is 17.7 Å². The molecule has 0 saturated carbocycles. The minimum Gasteiger partial charge on any atom is -0.310 e. The molecule has 1 aliphatic heterocycles. The molecule has 0 bridgehead atoms. The second-order valence-corrected chi connectivity index (χ2v) is 7.19. The summed E-state index contributed by atoms with van der Waals surface area (Å²) in [5.74, 6) is 0.259. The van der Waals surface area contributed by atoms with Gasteiger partial charge in [0, 0.05) is 17.9 Å². The zero-order valence-electron chi connectivity index (χ0n) is 13.5. The molecule has 26 heavy (non-hydrogen) atoms. The first-order valence-electron chi connectivity index (χ1n) is 7.78. The highest BCUT2D eigenvalue weighted by Gasteiger charge is 2.33. The van der Waals surface area contributed by atoms with Gasteiger partial charge in [0.1, 0.15) is 11.6 Å². The van der Waals surface area contributed by atoms with Crippen LogP contribution >= 0.6 is 27.5 Å². The quantitative estimate of drug-likeness (QED) is 0.659. The summed E-state index contributed by atoms with van der Waals surface area (Å²) in [5.41, 5.74) is 2.46. The predicted octanol–water partition coefficient (Wildman–Crippen LogP) is 4.00. The van der Waals surface area contributed by atoms with Gasteiger partial charge in [-0.05, 0) is 52.7 Å². The first-order chi connectivity index (χ1) is 12.4. The third-order valence-corrected chi connectivity index (χ3v) is 5.09. The van der Waals surface area contributed by atoms with Crippen molar-refractivity contribution in [3.05, 3.63) is 62.6 Å². The number of anilines is 1. The lowest BCUT2D eigenvalue weighted by molar-refractivity contribution is -0.116. The SMILES string of the molecule is Cc1nn(-c2ccc(Cl)nn2)c2c1[C@H](c1ccc(F)c(Br)c1)CC(=O)N2. The molecule has 0 fully saturated rings. The maximum atomic E-state index is 13.6. The molecule has 1 aromatic carbocycles. The van der Waals surface area contributed by atoms with E-state index in [2.05, 4.69) is 36.5 Å². The number of carbonyl (C=O) groups excluding carboxylic acids is 1. The number of aryl methyl sites for hydroxylation is 1. The molecule has 132 valence electrons. The average molecular weight is 437 g/mol. The predicted molar refractivity (Wildman–Crippen MR) is 98.1 cm³/mol. The van der Waals surface area contributed by atoms with Crippen LogP contribution in [-0.4, -0.2) is 25.9 Å². The van der Waals surface area contributed by atoms with Crippen molar-refractivity contribution in [2.75, 3.05) is 5.32 Å². The molecule has 0 spiro atoms. The maximum absolute atomic E-state index is 13.6. The summed E-state index contributed by atoms with van der Waals surface area (Å²) >= 11 is 9.00. The number of rotatable bonds is 2. The monoisotopic (exact) mass is 435 g/mol. The Hall–Kier alpha value is -2.32. The Morgan fingerprint density at radius 3 is 2.81 bits per heavy atom. The summed E-state index contributed by atoms with van der Waals surface area (Å²) in [6.45, 7) is 1.86. The highest BCUT2D eigenvalue weighted by molar-refractivity contribution is 9.10. The molecular formula is C17H12BrClFN5O. The van der Waals surface area contributed by atoms with Crippen molar-refractivity contribution >= 4 is 39.3 Å². The fraction of sp³-hybridized carbons (Fsp3) is 0.176. The van der Waals surface area contributed by atoms with E-state index in [1.807, 2.05) is 6.92 Å². The first-order valence-corrected chi connectivity index (χ1v) is 8.95. The maximum Gasteiger partial charge on any atom is 0.226 e. The number of hydrogen-bond donors (Lipinski definition) is 1. The summed E-state index contributed by atoms with van der Waals surface area (Å²) in [5, 5.41) is 15.5.